The highest BCUT2D eigenvalue weighted by atomic mass is 32.2. The molecule has 108 valence electrons. The van der Waals surface area contributed by atoms with Gasteiger partial charge >= 0.3 is 0 Å². The van der Waals surface area contributed by atoms with Gasteiger partial charge in [0.15, 0.2) is 0 Å². The average Bonchev–Trinajstić information content (AvgIpc) is 2.28. The van der Waals surface area contributed by atoms with Crippen LogP contribution in [0.2, 0.25) is 0 Å². The van der Waals surface area contributed by atoms with Crippen molar-refractivity contribution in [1.29, 1.82) is 0 Å². The molecule has 0 fully saturated rings. The molecule has 0 spiro atoms. The molecule has 0 bridgehead atoms. The smallest absolute Gasteiger partial charge is 0.240 e. The van der Waals surface area contributed by atoms with E-state index >= 15 is 0 Å². The van der Waals surface area contributed by atoms with Gasteiger partial charge in [0.1, 0.15) is 0 Å². The molecular weight excluding hydrogens is 260 g/mol. The van der Waals surface area contributed by atoms with Crippen molar-refractivity contribution in [2.45, 2.75) is 38.6 Å². The van der Waals surface area contributed by atoms with Crippen LogP contribution in [0.3, 0.4) is 0 Å². The van der Waals surface area contributed by atoms with Gasteiger partial charge in [-0.05, 0) is 36.6 Å². The van der Waals surface area contributed by atoms with E-state index in [1.807, 2.05) is 13.1 Å². The van der Waals surface area contributed by atoms with E-state index in [9.17, 15) is 8.42 Å². The Kier molecular flexibility index (Phi) is 5.52. The molecular formula is C14H24N2O2S. The molecule has 0 aliphatic rings. The molecule has 5 heteroatoms. The third-order valence-corrected chi connectivity index (χ3v) is 4.22. The summed E-state index contributed by atoms with van der Waals surface area (Å²) < 4.78 is 26.9. The first kappa shape index (κ1) is 16.1. The van der Waals surface area contributed by atoms with Crippen LogP contribution in [0, 0.1) is 5.41 Å². The summed E-state index contributed by atoms with van der Waals surface area (Å²) in [5, 5.41) is 3.01. The highest BCUT2D eigenvalue weighted by Crippen LogP contribution is 2.18. The number of nitrogens with one attached hydrogen (secondary N) is 2. The summed E-state index contributed by atoms with van der Waals surface area (Å²) in [6, 6.07) is 7.00. The Bertz CT molecular complexity index is 504. The Balaban J connectivity index is 2.74. The maximum atomic E-state index is 12.1. The van der Waals surface area contributed by atoms with Gasteiger partial charge in [-0.2, -0.15) is 0 Å². The molecule has 0 amide bonds. The molecule has 0 saturated carbocycles. The first-order valence-corrected chi connectivity index (χ1v) is 7.96. The lowest BCUT2D eigenvalue weighted by Gasteiger charge is -2.18. The molecule has 1 aromatic carbocycles. The van der Waals surface area contributed by atoms with E-state index in [1.54, 1.807) is 18.2 Å². The van der Waals surface area contributed by atoms with Crippen molar-refractivity contribution in [3.05, 3.63) is 29.8 Å². The summed E-state index contributed by atoms with van der Waals surface area (Å²) >= 11 is 0. The van der Waals surface area contributed by atoms with Crippen LogP contribution in [0.15, 0.2) is 29.2 Å². The van der Waals surface area contributed by atoms with Crippen molar-refractivity contribution in [2.24, 2.45) is 5.41 Å². The lowest BCUT2D eigenvalue weighted by atomic mass is 9.93. The molecule has 0 aliphatic heterocycles. The van der Waals surface area contributed by atoms with E-state index < -0.39 is 10.0 Å². The highest BCUT2D eigenvalue weighted by molar-refractivity contribution is 7.89. The van der Waals surface area contributed by atoms with Gasteiger partial charge in [-0.3, -0.25) is 0 Å². The zero-order valence-corrected chi connectivity index (χ0v) is 13.0. The summed E-state index contributed by atoms with van der Waals surface area (Å²) in [5.74, 6) is 0. The van der Waals surface area contributed by atoms with Crippen molar-refractivity contribution in [3.8, 4) is 0 Å². The van der Waals surface area contributed by atoms with Gasteiger partial charge in [0.25, 0.3) is 0 Å². The van der Waals surface area contributed by atoms with Crippen LogP contribution in [0.4, 0.5) is 0 Å². The van der Waals surface area contributed by atoms with E-state index in [0.29, 0.717) is 18.0 Å². The van der Waals surface area contributed by atoms with Gasteiger partial charge in [0, 0.05) is 13.1 Å². The molecule has 0 heterocycles. The van der Waals surface area contributed by atoms with Crippen LogP contribution in [-0.4, -0.2) is 22.0 Å². The van der Waals surface area contributed by atoms with Gasteiger partial charge in [-0.1, -0.05) is 32.9 Å². The Labute approximate surface area is 116 Å². The number of hydrogen-bond donors (Lipinski definition) is 2. The number of benzene rings is 1. The minimum absolute atomic E-state index is 0.122. The second-order valence-corrected chi connectivity index (χ2v) is 7.65. The Morgan fingerprint density at radius 1 is 1.21 bits per heavy atom. The van der Waals surface area contributed by atoms with Gasteiger partial charge in [0.2, 0.25) is 10.0 Å². The van der Waals surface area contributed by atoms with Crippen molar-refractivity contribution in [3.63, 3.8) is 0 Å². The predicted octanol–water partition coefficient (Wildman–Crippen LogP) is 2.12. The van der Waals surface area contributed by atoms with Crippen LogP contribution >= 0.6 is 0 Å². The van der Waals surface area contributed by atoms with Gasteiger partial charge in [-0.15, -0.1) is 0 Å². The topological polar surface area (TPSA) is 58.2 Å². The summed E-state index contributed by atoms with van der Waals surface area (Å²) in [7, 11) is -1.57. The summed E-state index contributed by atoms with van der Waals surface area (Å²) in [5.41, 5.74) is 1.08. The molecule has 2 N–H and O–H groups in total. The Hall–Kier alpha value is -0.910. The molecule has 0 unspecified atom stereocenters. The first-order chi connectivity index (χ1) is 8.74. The molecule has 0 aromatic heterocycles. The second kappa shape index (κ2) is 6.50. The first-order valence-electron chi connectivity index (χ1n) is 6.48. The van der Waals surface area contributed by atoms with E-state index in [0.717, 1.165) is 12.0 Å². The zero-order chi connectivity index (χ0) is 14.5. The molecule has 0 atom stereocenters. The van der Waals surface area contributed by atoms with Gasteiger partial charge in [0.05, 0.1) is 4.90 Å². The second-order valence-electron chi connectivity index (χ2n) is 5.89. The quantitative estimate of drug-likeness (QED) is 0.841. The summed E-state index contributed by atoms with van der Waals surface area (Å²) in [6.45, 7) is 7.39. The van der Waals surface area contributed by atoms with Crippen LogP contribution in [-0.2, 0) is 16.6 Å². The van der Waals surface area contributed by atoms with Gasteiger partial charge in [-0.25, -0.2) is 13.1 Å². The molecule has 1 rings (SSSR count). The minimum Gasteiger partial charge on any atom is -0.316 e. The number of rotatable bonds is 6. The molecule has 0 aliphatic carbocycles. The van der Waals surface area contributed by atoms with Gasteiger partial charge < -0.3 is 5.32 Å². The van der Waals surface area contributed by atoms with Crippen molar-refractivity contribution in [2.75, 3.05) is 13.6 Å². The fourth-order valence-electron chi connectivity index (χ4n) is 1.67. The molecule has 0 radical (unpaired) electrons. The largest absolute Gasteiger partial charge is 0.316 e. The minimum atomic E-state index is -3.40. The van der Waals surface area contributed by atoms with E-state index in [2.05, 4.69) is 30.8 Å². The Morgan fingerprint density at radius 3 is 2.47 bits per heavy atom. The molecule has 19 heavy (non-hydrogen) atoms. The predicted molar refractivity (Wildman–Crippen MR) is 78.5 cm³/mol. The van der Waals surface area contributed by atoms with E-state index in [4.69, 9.17) is 0 Å². The fraction of sp³-hybridized carbons (Fsp3) is 0.571. The zero-order valence-electron chi connectivity index (χ0n) is 12.2. The van der Waals surface area contributed by atoms with E-state index in [-0.39, 0.29) is 5.41 Å². The number of sulfonamides is 1. The van der Waals surface area contributed by atoms with E-state index in [1.165, 1.54) is 0 Å². The lowest BCUT2D eigenvalue weighted by Crippen LogP contribution is -2.27. The standard InChI is InChI=1S/C14H24N2O2S/c1-14(2,3)8-9-16-19(17,18)13-7-5-6-12(10-13)11-15-4/h5-7,10,15-16H,8-9,11H2,1-4H3. The van der Waals surface area contributed by atoms with Crippen molar-refractivity contribution < 1.29 is 8.42 Å². The van der Waals surface area contributed by atoms with Crippen LogP contribution in [0.1, 0.15) is 32.8 Å². The van der Waals surface area contributed by atoms with Crippen LogP contribution in [0.5, 0.6) is 0 Å². The third kappa shape index (κ3) is 5.72. The van der Waals surface area contributed by atoms with Crippen molar-refractivity contribution >= 4 is 10.0 Å². The normalized spacial score (nSPS) is 12.6. The highest BCUT2D eigenvalue weighted by Gasteiger charge is 2.16. The van der Waals surface area contributed by atoms with Crippen LogP contribution < -0.4 is 10.0 Å². The molecule has 0 saturated heterocycles. The van der Waals surface area contributed by atoms with Crippen LogP contribution in [0.25, 0.3) is 0 Å². The molecule has 4 nitrogen and oxygen atoms in total. The average molecular weight is 284 g/mol. The summed E-state index contributed by atoms with van der Waals surface area (Å²) in [4.78, 5) is 0.328. The lowest BCUT2D eigenvalue weighted by molar-refractivity contribution is 0.378. The maximum absolute atomic E-state index is 12.1. The number of hydrogen-bond acceptors (Lipinski definition) is 3. The monoisotopic (exact) mass is 284 g/mol. The summed E-state index contributed by atoms with van der Waals surface area (Å²) in [6.07, 6.45) is 0.808. The SMILES string of the molecule is CNCc1cccc(S(=O)(=O)NCCC(C)(C)C)c1. The Morgan fingerprint density at radius 2 is 1.89 bits per heavy atom. The van der Waals surface area contributed by atoms with Crippen molar-refractivity contribution in [1.82, 2.24) is 10.0 Å². The maximum Gasteiger partial charge on any atom is 0.240 e. The fourth-order valence-corrected chi connectivity index (χ4v) is 2.77. The third-order valence-electron chi connectivity index (χ3n) is 2.76. The molecule has 1 aromatic rings.